The molecule has 1 unspecified atom stereocenters. The van der Waals surface area contributed by atoms with Gasteiger partial charge in [0, 0.05) is 10.9 Å². The van der Waals surface area contributed by atoms with Crippen LogP contribution in [0.15, 0.2) is 46.9 Å². The van der Waals surface area contributed by atoms with Gasteiger partial charge in [0.2, 0.25) is 0 Å². The molecule has 0 aromatic heterocycles. The zero-order valence-electron chi connectivity index (χ0n) is 10.0. The van der Waals surface area contributed by atoms with E-state index in [2.05, 4.69) is 34.1 Å². The maximum atomic E-state index is 5.99. The number of fused-ring (bicyclic) bond motifs is 1. The van der Waals surface area contributed by atoms with E-state index in [0.717, 1.165) is 28.0 Å². The summed E-state index contributed by atoms with van der Waals surface area (Å²) in [7, 11) is 1.68. The van der Waals surface area contributed by atoms with Crippen LogP contribution < -0.4 is 9.47 Å². The van der Waals surface area contributed by atoms with Gasteiger partial charge in [-0.15, -0.1) is 0 Å². The second-order valence-electron chi connectivity index (χ2n) is 4.34. The van der Waals surface area contributed by atoms with Crippen LogP contribution in [0, 0.1) is 0 Å². The summed E-state index contributed by atoms with van der Waals surface area (Å²) in [6.07, 6.45) is 1.000. The molecule has 0 amide bonds. The quantitative estimate of drug-likeness (QED) is 0.830. The predicted octanol–water partition coefficient (Wildman–Crippen LogP) is 4.13. The average Bonchev–Trinajstić information content (AvgIpc) is 2.81. The minimum Gasteiger partial charge on any atom is -0.497 e. The molecule has 1 atom stereocenters. The lowest BCUT2D eigenvalue weighted by atomic mass is 10.0. The van der Waals surface area contributed by atoms with E-state index in [1.54, 1.807) is 7.11 Å². The van der Waals surface area contributed by atoms with Crippen LogP contribution in [0.3, 0.4) is 0 Å². The zero-order chi connectivity index (χ0) is 12.5. The summed E-state index contributed by atoms with van der Waals surface area (Å²) in [5.74, 6) is 1.84. The van der Waals surface area contributed by atoms with E-state index in [0.29, 0.717) is 0 Å². The first-order chi connectivity index (χ1) is 8.76. The van der Waals surface area contributed by atoms with E-state index < -0.39 is 0 Å². The molecule has 0 saturated carbocycles. The molecule has 18 heavy (non-hydrogen) atoms. The van der Waals surface area contributed by atoms with Gasteiger partial charge in [0.1, 0.15) is 17.6 Å². The highest BCUT2D eigenvalue weighted by Gasteiger charge is 2.24. The third-order valence-corrected chi connectivity index (χ3v) is 3.66. The number of hydrogen-bond donors (Lipinski definition) is 0. The van der Waals surface area contributed by atoms with Gasteiger partial charge in [-0.2, -0.15) is 0 Å². The number of benzene rings is 2. The van der Waals surface area contributed by atoms with Gasteiger partial charge in [0.25, 0.3) is 0 Å². The van der Waals surface area contributed by atoms with Crippen molar-refractivity contribution in [2.75, 3.05) is 7.11 Å². The summed E-state index contributed by atoms with van der Waals surface area (Å²) in [6.45, 7) is 0. The summed E-state index contributed by atoms with van der Waals surface area (Å²) >= 11 is 3.46. The molecule has 0 bridgehead atoms. The predicted molar refractivity (Wildman–Crippen MR) is 74.2 cm³/mol. The lowest BCUT2D eigenvalue weighted by Gasteiger charge is -2.12. The highest BCUT2D eigenvalue weighted by Crippen LogP contribution is 2.38. The van der Waals surface area contributed by atoms with Crippen LogP contribution in [0.5, 0.6) is 11.5 Å². The van der Waals surface area contributed by atoms with E-state index >= 15 is 0 Å². The number of halogens is 1. The van der Waals surface area contributed by atoms with E-state index in [-0.39, 0.29) is 6.10 Å². The number of hydrogen-bond acceptors (Lipinski definition) is 2. The van der Waals surface area contributed by atoms with Gasteiger partial charge in [0.05, 0.1) is 7.11 Å². The Labute approximate surface area is 115 Å². The fraction of sp³-hybridized carbons (Fsp3) is 0.200. The topological polar surface area (TPSA) is 18.5 Å². The Morgan fingerprint density at radius 3 is 2.94 bits per heavy atom. The summed E-state index contributed by atoms with van der Waals surface area (Å²) in [6, 6.07) is 14.2. The van der Waals surface area contributed by atoms with Crippen molar-refractivity contribution in [1.82, 2.24) is 0 Å². The summed E-state index contributed by atoms with van der Waals surface area (Å²) < 4.78 is 12.3. The standard InChI is InChI=1S/C15H13BrO2/c1-17-13-4-2-3-10(7-13)14-8-11-5-6-12(16)9-15(11)18-14/h2-7,9,14H,8H2,1H3. The van der Waals surface area contributed by atoms with Gasteiger partial charge in [-0.3, -0.25) is 0 Å². The first kappa shape index (κ1) is 11.6. The Hall–Kier alpha value is -1.48. The molecule has 2 aromatic rings. The fourth-order valence-corrected chi connectivity index (χ4v) is 2.57. The SMILES string of the molecule is COc1cccc(C2Cc3ccc(Br)cc3O2)c1. The van der Waals surface area contributed by atoms with E-state index in [4.69, 9.17) is 9.47 Å². The van der Waals surface area contributed by atoms with Gasteiger partial charge < -0.3 is 9.47 Å². The van der Waals surface area contributed by atoms with Gasteiger partial charge in [-0.25, -0.2) is 0 Å². The third-order valence-electron chi connectivity index (χ3n) is 3.17. The minimum atomic E-state index is 0.0874. The number of ether oxygens (including phenoxy) is 2. The molecule has 0 radical (unpaired) electrons. The molecule has 3 heteroatoms. The van der Waals surface area contributed by atoms with Crippen LogP contribution in [0.4, 0.5) is 0 Å². The first-order valence-corrected chi connectivity index (χ1v) is 6.64. The van der Waals surface area contributed by atoms with E-state index in [1.165, 1.54) is 5.56 Å². The average molecular weight is 305 g/mol. The second kappa shape index (κ2) is 4.65. The summed E-state index contributed by atoms with van der Waals surface area (Å²) in [5, 5.41) is 0. The van der Waals surface area contributed by atoms with Gasteiger partial charge >= 0.3 is 0 Å². The van der Waals surface area contributed by atoms with Gasteiger partial charge in [-0.1, -0.05) is 34.1 Å². The summed E-state index contributed by atoms with van der Waals surface area (Å²) in [4.78, 5) is 0. The smallest absolute Gasteiger partial charge is 0.128 e. The minimum absolute atomic E-state index is 0.0874. The van der Waals surface area contributed by atoms with Crippen LogP contribution in [0.1, 0.15) is 17.2 Å². The van der Waals surface area contributed by atoms with Crippen molar-refractivity contribution in [3.63, 3.8) is 0 Å². The molecule has 3 rings (SSSR count). The maximum Gasteiger partial charge on any atom is 0.128 e. The van der Waals surface area contributed by atoms with Crippen molar-refractivity contribution >= 4 is 15.9 Å². The maximum absolute atomic E-state index is 5.99. The normalized spacial score (nSPS) is 17.1. The molecule has 2 aromatic carbocycles. The molecule has 0 aliphatic carbocycles. The van der Waals surface area contributed by atoms with Gasteiger partial charge in [0.15, 0.2) is 0 Å². The lowest BCUT2D eigenvalue weighted by molar-refractivity contribution is 0.238. The van der Waals surface area contributed by atoms with Crippen LogP contribution in [0.25, 0.3) is 0 Å². The Bertz CT molecular complexity index is 580. The highest BCUT2D eigenvalue weighted by atomic mass is 79.9. The lowest BCUT2D eigenvalue weighted by Crippen LogP contribution is -2.03. The van der Waals surface area contributed by atoms with Gasteiger partial charge in [-0.05, 0) is 35.4 Å². The molecule has 0 fully saturated rings. The first-order valence-electron chi connectivity index (χ1n) is 5.85. The number of methoxy groups -OCH3 is 1. The van der Waals surface area contributed by atoms with E-state index in [1.807, 2.05) is 24.3 Å². The molecule has 0 saturated heterocycles. The second-order valence-corrected chi connectivity index (χ2v) is 5.25. The van der Waals surface area contributed by atoms with Crippen LogP contribution in [-0.4, -0.2) is 7.11 Å². The number of rotatable bonds is 2. The van der Waals surface area contributed by atoms with Crippen molar-refractivity contribution in [2.45, 2.75) is 12.5 Å². The van der Waals surface area contributed by atoms with Crippen molar-refractivity contribution in [3.05, 3.63) is 58.1 Å². The van der Waals surface area contributed by atoms with Crippen LogP contribution in [0.2, 0.25) is 0 Å². The Kier molecular flexibility index (Phi) is 3.00. The van der Waals surface area contributed by atoms with Crippen molar-refractivity contribution in [2.24, 2.45) is 0 Å². The molecule has 0 spiro atoms. The zero-order valence-corrected chi connectivity index (χ0v) is 11.6. The Morgan fingerprint density at radius 1 is 1.22 bits per heavy atom. The molecular weight excluding hydrogens is 292 g/mol. The Balaban J connectivity index is 1.88. The molecule has 0 N–H and O–H groups in total. The van der Waals surface area contributed by atoms with E-state index in [9.17, 15) is 0 Å². The molecule has 2 nitrogen and oxygen atoms in total. The molecule has 1 aliphatic rings. The fourth-order valence-electron chi connectivity index (χ4n) is 2.23. The van der Waals surface area contributed by atoms with Crippen molar-refractivity contribution in [1.29, 1.82) is 0 Å². The van der Waals surface area contributed by atoms with Crippen LogP contribution in [-0.2, 0) is 6.42 Å². The molecule has 1 aliphatic heterocycles. The highest BCUT2D eigenvalue weighted by molar-refractivity contribution is 9.10. The third kappa shape index (κ3) is 2.10. The molecular formula is C15H13BrO2. The van der Waals surface area contributed by atoms with Crippen LogP contribution >= 0.6 is 15.9 Å². The Morgan fingerprint density at radius 2 is 2.11 bits per heavy atom. The largest absolute Gasteiger partial charge is 0.497 e. The molecule has 92 valence electrons. The summed E-state index contributed by atoms with van der Waals surface area (Å²) in [5.41, 5.74) is 2.41. The van der Waals surface area contributed by atoms with Crippen molar-refractivity contribution in [3.8, 4) is 11.5 Å². The van der Waals surface area contributed by atoms with Crippen molar-refractivity contribution < 1.29 is 9.47 Å². The monoisotopic (exact) mass is 304 g/mol. The molecule has 1 heterocycles.